The minimum absolute atomic E-state index is 0.117. The summed E-state index contributed by atoms with van der Waals surface area (Å²) in [5.74, 6) is -0.774. The largest absolute Gasteiger partial charge is 0.479 e. The molecule has 0 aliphatic rings. The van der Waals surface area contributed by atoms with Gasteiger partial charge in [0.25, 0.3) is 0 Å². The van der Waals surface area contributed by atoms with Crippen molar-refractivity contribution < 1.29 is 24.2 Å². The molecule has 0 saturated carbocycles. The number of ketones is 1. The highest BCUT2D eigenvalue weighted by atomic mass is 16.5. The van der Waals surface area contributed by atoms with E-state index in [4.69, 9.17) is 9.47 Å². The minimum Gasteiger partial charge on any atom is -0.479 e. The molecular formula is C30H30N2O5. The van der Waals surface area contributed by atoms with E-state index in [-0.39, 0.29) is 12.4 Å². The summed E-state index contributed by atoms with van der Waals surface area (Å²) < 4.78 is 12.6. The first-order valence-corrected chi connectivity index (χ1v) is 12.1. The maximum Gasteiger partial charge on any atom is 0.335 e. The summed E-state index contributed by atoms with van der Waals surface area (Å²) >= 11 is 0. The number of aromatic nitrogens is 2. The van der Waals surface area contributed by atoms with E-state index in [1.807, 2.05) is 96.4 Å². The van der Waals surface area contributed by atoms with Crippen LogP contribution in [0.15, 0.2) is 78.9 Å². The van der Waals surface area contributed by atoms with Gasteiger partial charge in [0.2, 0.25) is 5.78 Å². The normalized spacial score (nSPS) is 13.2. The van der Waals surface area contributed by atoms with E-state index in [0.29, 0.717) is 17.9 Å². The molecule has 4 aromatic rings. The first-order chi connectivity index (χ1) is 17.9. The second kappa shape index (κ2) is 11.8. The van der Waals surface area contributed by atoms with Crippen molar-refractivity contribution in [2.75, 3.05) is 7.11 Å². The summed E-state index contributed by atoms with van der Waals surface area (Å²) in [7, 11) is 1.35. The number of carbonyl (C=O) groups excluding carboxylic acids is 1. The van der Waals surface area contributed by atoms with Gasteiger partial charge < -0.3 is 19.1 Å². The number of hydrogen-bond donors (Lipinski definition) is 1. The van der Waals surface area contributed by atoms with Crippen molar-refractivity contribution >= 4 is 28.9 Å². The average molecular weight is 499 g/mol. The average Bonchev–Trinajstić information content (AvgIpc) is 3.26. The molecule has 0 radical (unpaired) electrons. The lowest BCUT2D eigenvalue weighted by molar-refractivity contribution is -0.158. The van der Waals surface area contributed by atoms with Gasteiger partial charge in [0.15, 0.2) is 11.9 Å². The maximum absolute atomic E-state index is 13.3. The molecule has 0 fully saturated rings. The van der Waals surface area contributed by atoms with Crippen molar-refractivity contribution in [3.05, 3.63) is 107 Å². The quantitative estimate of drug-likeness (QED) is 0.283. The molecule has 2 atom stereocenters. The van der Waals surface area contributed by atoms with Gasteiger partial charge in [-0.2, -0.15) is 0 Å². The molecule has 0 aliphatic carbocycles. The second-order valence-electron chi connectivity index (χ2n) is 8.89. The molecule has 3 aromatic carbocycles. The number of nitrogens with zero attached hydrogens (tertiary/aromatic N) is 2. The Labute approximate surface area is 216 Å². The highest BCUT2D eigenvalue weighted by molar-refractivity contribution is 6.08. The summed E-state index contributed by atoms with van der Waals surface area (Å²) in [5.41, 5.74) is 5.24. The van der Waals surface area contributed by atoms with Gasteiger partial charge in [0, 0.05) is 19.2 Å². The maximum atomic E-state index is 13.3. The number of allylic oxidation sites excluding steroid dienone is 1. The zero-order valence-corrected chi connectivity index (χ0v) is 21.1. The van der Waals surface area contributed by atoms with Crippen LogP contribution in [0.2, 0.25) is 0 Å². The molecule has 1 N–H and O–H groups in total. The molecule has 0 amide bonds. The van der Waals surface area contributed by atoms with Gasteiger partial charge in [0.1, 0.15) is 0 Å². The minimum atomic E-state index is -1.06. The Bertz CT molecular complexity index is 1420. The van der Waals surface area contributed by atoms with Crippen LogP contribution in [0.5, 0.6) is 0 Å². The van der Waals surface area contributed by atoms with Crippen LogP contribution in [0.1, 0.15) is 39.8 Å². The summed E-state index contributed by atoms with van der Waals surface area (Å²) in [5, 5.41) is 9.21. The van der Waals surface area contributed by atoms with Crippen LogP contribution >= 0.6 is 0 Å². The van der Waals surface area contributed by atoms with E-state index in [2.05, 4.69) is 4.98 Å². The topological polar surface area (TPSA) is 90.7 Å². The molecule has 7 heteroatoms. The molecule has 1 aromatic heterocycles. The van der Waals surface area contributed by atoms with Crippen LogP contribution in [-0.4, -0.2) is 45.7 Å². The number of hydrogen-bond acceptors (Lipinski definition) is 5. The number of carboxylic acid groups (broad SMARTS) is 1. The fourth-order valence-corrected chi connectivity index (χ4v) is 4.16. The molecule has 37 heavy (non-hydrogen) atoms. The third-order valence-electron chi connectivity index (χ3n) is 6.16. The Morgan fingerprint density at radius 1 is 1.05 bits per heavy atom. The molecule has 0 saturated heterocycles. The standard InChI is InChI=1S/C30H30N2O5/c1-20-13-15-24(16-14-20)27(33)29-31-25-11-4-5-12-26(25)32(29)17-7-10-22-8-6-9-23(18-22)19-37-21(2)28(36-3)30(34)35/h4-16,18,21,28H,17,19H2,1-3H3,(H,34,35)/b10-7+/t21-,28?/m1/s1. The monoisotopic (exact) mass is 498 g/mol. The first kappa shape index (κ1) is 26.0. The molecule has 4 rings (SSSR count). The van der Waals surface area contributed by atoms with Gasteiger partial charge >= 0.3 is 5.97 Å². The Balaban J connectivity index is 1.51. The van der Waals surface area contributed by atoms with Gasteiger partial charge in [-0.1, -0.05) is 72.3 Å². The SMILES string of the molecule is COC(C(=O)O)[C@@H](C)OCc1cccc(/C=C/Cn2c(C(=O)c3ccc(C)cc3)nc3ccccc32)c1. The Hall–Kier alpha value is -4.07. The summed E-state index contributed by atoms with van der Waals surface area (Å²) in [6.45, 7) is 4.40. The fourth-order valence-electron chi connectivity index (χ4n) is 4.16. The third-order valence-corrected chi connectivity index (χ3v) is 6.16. The number of para-hydroxylation sites is 2. The Morgan fingerprint density at radius 3 is 2.54 bits per heavy atom. The number of ether oxygens (including phenoxy) is 2. The van der Waals surface area contributed by atoms with E-state index in [1.165, 1.54) is 7.11 Å². The van der Waals surface area contributed by atoms with Gasteiger partial charge in [-0.15, -0.1) is 0 Å². The van der Waals surface area contributed by atoms with Crippen LogP contribution in [0.3, 0.4) is 0 Å². The van der Waals surface area contributed by atoms with Gasteiger partial charge in [0.05, 0.1) is 23.7 Å². The Morgan fingerprint density at radius 2 is 1.81 bits per heavy atom. The number of fused-ring (bicyclic) bond motifs is 1. The second-order valence-corrected chi connectivity index (χ2v) is 8.89. The van der Waals surface area contributed by atoms with E-state index in [1.54, 1.807) is 6.92 Å². The van der Waals surface area contributed by atoms with Gasteiger partial charge in [-0.3, -0.25) is 4.79 Å². The molecule has 7 nitrogen and oxygen atoms in total. The van der Waals surface area contributed by atoms with Crippen molar-refractivity contribution in [2.45, 2.75) is 39.2 Å². The molecule has 1 unspecified atom stereocenters. The van der Waals surface area contributed by atoms with E-state index in [0.717, 1.165) is 27.7 Å². The first-order valence-electron chi connectivity index (χ1n) is 12.1. The zero-order valence-electron chi connectivity index (χ0n) is 21.1. The van der Waals surface area contributed by atoms with Crippen molar-refractivity contribution in [3.8, 4) is 0 Å². The smallest absolute Gasteiger partial charge is 0.335 e. The van der Waals surface area contributed by atoms with Gasteiger partial charge in [-0.25, -0.2) is 9.78 Å². The number of aliphatic carboxylic acids is 1. The van der Waals surface area contributed by atoms with Crippen molar-refractivity contribution in [3.63, 3.8) is 0 Å². The zero-order chi connectivity index (χ0) is 26.4. The van der Waals surface area contributed by atoms with Crippen molar-refractivity contribution in [1.82, 2.24) is 9.55 Å². The highest BCUT2D eigenvalue weighted by Gasteiger charge is 2.25. The number of rotatable bonds is 11. The Kier molecular flexibility index (Phi) is 8.28. The van der Waals surface area contributed by atoms with Crippen LogP contribution in [0.25, 0.3) is 17.1 Å². The highest BCUT2D eigenvalue weighted by Crippen LogP contribution is 2.20. The molecule has 1 heterocycles. The number of carboxylic acids is 1. The van der Waals surface area contributed by atoms with E-state index < -0.39 is 18.2 Å². The van der Waals surface area contributed by atoms with Crippen LogP contribution < -0.4 is 0 Å². The van der Waals surface area contributed by atoms with Crippen LogP contribution in [-0.2, 0) is 27.4 Å². The third kappa shape index (κ3) is 6.20. The summed E-state index contributed by atoms with van der Waals surface area (Å²) in [4.78, 5) is 29.2. The summed E-state index contributed by atoms with van der Waals surface area (Å²) in [6, 6.07) is 23.0. The molecular weight excluding hydrogens is 468 g/mol. The number of imidazole rings is 1. The van der Waals surface area contributed by atoms with Gasteiger partial charge in [-0.05, 0) is 43.2 Å². The summed E-state index contributed by atoms with van der Waals surface area (Å²) in [6.07, 6.45) is 2.36. The lowest BCUT2D eigenvalue weighted by Gasteiger charge is -2.19. The van der Waals surface area contributed by atoms with Crippen molar-refractivity contribution in [2.24, 2.45) is 0 Å². The lowest BCUT2D eigenvalue weighted by Crippen LogP contribution is -2.35. The predicted molar refractivity (Wildman–Crippen MR) is 143 cm³/mol. The predicted octanol–water partition coefficient (Wildman–Crippen LogP) is 5.29. The molecule has 190 valence electrons. The molecule has 0 spiro atoms. The number of methoxy groups -OCH3 is 1. The number of carbonyl (C=O) groups is 2. The molecule has 0 aliphatic heterocycles. The fraction of sp³-hybridized carbons (Fsp3) is 0.233. The van der Waals surface area contributed by atoms with Crippen molar-refractivity contribution in [1.29, 1.82) is 0 Å². The molecule has 0 bridgehead atoms. The number of aryl methyl sites for hydroxylation is 1. The van der Waals surface area contributed by atoms with E-state index in [9.17, 15) is 14.7 Å². The van der Waals surface area contributed by atoms with E-state index >= 15 is 0 Å². The number of benzene rings is 3. The lowest BCUT2D eigenvalue weighted by atomic mass is 10.1. The van der Waals surface area contributed by atoms with Crippen LogP contribution in [0, 0.1) is 6.92 Å². The van der Waals surface area contributed by atoms with Crippen LogP contribution in [0.4, 0.5) is 0 Å².